The van der Waals surface area contributed by atoms with Gasteiger partial charge in [-0.3, -0.25) is 0 Å². The van der Waals surface area contributed by atoms with Gasteiger partial charge in [-0.25, -0.2) is 0 Å². The summed E-state index contributed by atoms with van der Waals surface area (Å²) in [7, 11) is 0. The molecule has 1 saturated carbocycles. The van der Waals surface area contributed by atoms with E-state index in [4.69, 9.17) is 0 Å². The monoisotopic (exact) mass is 518 g/mol. The van der Waals surface area contributed by atoms with E-state index in [0.717, 1.165) is 22.3 Å². The van der Waals surface area contributed by atoms with Crippen molar-refractivity contribution in [1.29, 1.82) is 0 Å². The highest BCUT2D eigenvalue weighted by atomic mass is 32.3. The Balaban J connectivity index is 1.20. The van der Waals surface area contributed by atoms with Gasteiger partial charge in [-0.05, 0) is 36.5 Å². The Hall–Kier alpha value is 1.76. The van der Waals surface area contributed by atoms with Crippen molar-refractivity contribution in [2.75, 3.05) is 0 Å². The van der Waals surface area contributed by atoms with Gasteiger partial charge in [0, 0.05) is 20.3 Å². The predicted octanol–water partition coefficient (Wildman–Crippen LogP) is 9.73. The molecule has 0 aromatic rings. The molecule has 0 saturated heterocycles. The summed E-state index contributed by atoms with van der Waals surface area (Å²) in [6, 6.07) is 0. The van der Waals surface area contributed by atoms with Gasteiger partial charge >= 0.3 is 0 Å². The van der Waals surface area contributed by atoms with Crippen molar-refractivity contribution in [3.8, 4) is 0 Å². The van der Waals surface area contributed by atoms with Gasteiger partial charge in [0.2, 0.25) is 0 Å². The third-order valence-corrected chi connectivity index (χ3v) is 18.5. The van der Waals surface area contributed by atoms with Crippen molar-refractivity contribution in [1.82, 2.24) is 0 Å². The molecule has 0 amide bonds. The quantitative estimate of drug-likeness (QED) is 0.307. The molecule has 8 heteroatoms. The Bertz CT molecular complexity index is 868. The predicted molar refractivity (Wildman–Crippen MR) is 142 cm³/mol. The molecule has 0 aromatic heterocycles. The Morgan fingerprint density at radius 1 is 0.679 bits per heavy atom. The van der Waals surface area contributed by atoms with Crippen LogP contribution in [-0.2, 0) is 0 Å². The van der Waals surface area contributed by atoms with Gasteiger partial charge in [-0.1, -0.05) is 98.3 Å². The normalized spacial score (nSPS) is 39.0. The van der Waals surface area contributed by atoms with Gasteiger partial charge in [0.1, 0.15) is 0 Å². The zero-order chi connectivity index (χ0) is 19.2. The van der Waals surface area contributed by atoms with E-state index in [0.29, 0.717) is 5.41 Å². The van der Waals surface area contributed by atoms with Crippen molar-refractivity contribution in [3.05, 3.63) is 35.2 Å². The van der Waals surface area contributed by atoms with Gasteiger partial charge < -0.3 is 0 Å². The lowest BCUT2D eigenvalue weighted by atomic mass is 9.51. The molecule has 0 unspecified atom stereocenters. The second-order valence-electron chi connectivity index (χ2n) is 8.73. The van der Waals surface area contributed by atoms with Gasteiger partial charge in [-0.2, -0.15) is 0 Å². The minimum atomic E-state index is 0.530. The van der Waals surface area contributed by atoms with E-state index in [1.54, 1.807) is 35.2 Å². The molecule has 2 bridgehead atoms. The minimum absolute atomic E-state index is 0.530. The lowest BCUT2D eigenvalue weighted by Crippen LogP contribution is -2.48. The Labute approximate surface area is 202 Å². The van der Waals surface area contributed by atoms with E-state index < -0.39 is 0 Å². The van der Waals surface area contributed by atoms with Crippen LogP contribution in [-0.4, -0.2) is 10.5 Å². The summed E-state index contributed by atoms with van der Waals surface area (Å²) < 4.78 is 9.37. The summed E-state index contributed by atoms with van der Waals surface area (Å²) in [5.74, 6) is 1.74. The van der Waals surface area contributed by atoms with Crippen LogP contribution in [0.5, 0.6) is 0 Å². The average Bonchev–Trinajstić information content (AvgIpc) is 3.19. The molecule has 3 aliphatic carbocycles. The molecule has 0 nitrogen and oxygen atoms in total. The molecular weight excluding hydrogens is 497 g/mol. The van der Waals surface area contributed by atoms with Crippen LogP contribution in [0.4, 0.5) is 0 Å². The van der Waals surface area contributed by atoms with Gasteiger partial charge in [0.25, 0.3) is 0 Å². The molecular formula is C20H22S8. The van der Waals surface area contributed by atoms with Crippen molar-refractivity contribution < 1.29 is 0 Å². The standard InChI is InChI=1S/C20H22S8/c1-8-5-9(2)22-15-14(21-8)25-18(26-15)19-27-16-17(28-19)24-13-11-6-10(20(11,3)4)7-12(13)23-16/h8-11H,5-7H2,1-4H3/t8-,9-,10+,11-/m0/s1. The largest absolute Gasteiger partial charge is 0.114 e. The first-order valence-corrected chi connectivity index (χ1v) is 16.4. The molecule has 0 N–H and O–H groups in total. The van der Waals surface area contributed by atoms with Gasteiger partial charge in [0.15, 0.2) is 0 Å². The van der Waals surface area contributed by atoms with Crippen molar-refractivity contribution in [2.24, 2.45) is 17.3 Å². The van der Waals surface area contributed by atoms with Crippen LogP contribution in [0, 0.1) is 17.3 Å². The lowest BCUT2D eigenvalue weighted by molar-refractivity contribution is -0.000905. The maximum absolute atomic E-state index is 2.50. The van der Waals surface area contributed by atoms with E-state index in [1.165, 1.54) is 19.3 Å². The van der Waals surface area contributed by atoms with Crippen LogP contribution < -0.4 is 0 Å². The lowest BCUT2D eigenvalue weighted by Gasteiger charge is -2.58. The summed E-state index contributed by atoms with van der Waals surface area (Å²) in [6.45, 7) is 9.78. The summed E-state index contributed by atoms with van der Waals surface area (Å²) in [4.78, 5) is 3.43. The number of thioether (sulfide) groups is 8. The van der Waals surface area contributed by atoms with Crippen molar-refractivity contribution in [3.63, 3.8) is 0 Å². The Morgan fingerprint density at radius 2 is 1.21 bits per heavy atom. The zero-order valence-electron chi connectivity index (χ0n) is 16.2. The van der Waals surface area contributed by atoms with Crippen molar-refractivity contribution in [2.45, 2.75) is 57.5 Å². The highest BCUT2D eigenvalue weighted by Crippen LogP contribution is 2.74. The van der Waals surface area contributed by atoms with Crippen LogP contribution >= 0.6 is 94.1 Å². The molecule has 1 fully saturated rings. The first-order valence-electron chi connectivity index (χ1n) is 9.74. The van der Waals surface area contributed by atoms with E-state index in [1.807, 2.05) is 0 Å². The first kappa shape index (κ1) is 20.4. The fourth-order valence-electron chi connectivity index (χ4n) is 4.67. The second kappa shape index (κ2) is 7.39. The van der Waals surface area contributed by atoms with E-state index in [9.17, 15) is 0 Å². The smallest absolute Gasteiger partial charge is 0.0718 e. The highest BCUT2D eigenvalue weighted by molar-refractivity contribution is 8.46. The Morgan fingerprint density at radius 3 is 1.82 bits per heavy atom. The Kier molecular flexibility index (Phi) is 5.38. The topological polar surface area (TPSA) is 0 Å². The highest BCUT2D eigenvalue weighted by Gasteiger charge is 2.55. The van der Waals surface area contributed by atoms with Crippen LogP contribution in [0.1, 0.15) is 47.0 Å². The fourth-order valence-corrected chi connectivity index (χ4v) is 18.2. The molecule has 28 heavy (non-hydrogen) atoms. The van der Waals surface area contributed by atoms with Gasteiger partial charge in [-0.15, -0.1) is 23.5 Å². The molecule has 150 valence electrons. The molecule has 4 aliphatic heterocycles. The zero-order valence-corrected chi connectivity index (χ0v) is 22.7. The molecule has 7 rings (SSSR count). The molecule has 0 spiro atoms. The van der Waals surface area contributed by atoms with Crippen LogP contribution in [0.2, 0.25) is 0 Å². The third-order valence-electron chi connectivity index (χ3n) is 6.43. The number of rotatable bonds is 0. The number of hydrogen-bond donors (Lipinski definition) is 0. The first-order chi connectivity index (χ1) is 13.4. The molecule has 4 heterocycles. The van der Waals surface area contributed by atoms with Crippen LogP contribution in [0.25, 0.3) is 0 Å². The average molecular weight is 519 g/mol. The third kappa shape index (κ3) is 3.29. The summed E-state index contributed by atoms with van der Waals surface area (Å²) >= 11 is 16.7. The fraction of sp³-hybridized carbons (Fsp3) is 0.600. The maximum Gasteiger partial charge on any atom is 0.0718 e. The minimum Gasteiger partial charge on any atom is -0.114 e. The summed E-state index contributed by atoms with van der Waals surface area (Å²) in [6.07, 6.45) is 4.07. The van der Waals surface area contributed by atoms with E-state index in [2.05, 4.69) is 122 Å². The molecule has 4 atom stereocenters. The number of hydrogen-bond acceptors (Lipinski definition) is 8. The van der Waals surface area contributed by atoms with E-state index in [-0.39, 0.29) is 0 Å². The summed E-state index contributed by atoms with van der Waals surface area (Å²) in [5, 5.41) is 1.47. The van der Waals surface area contributed by atoms with Gasteiger partial charge in [0.05, 0.1) is 25.4 Å². The maximum atomic E-state index is 2.50. The van der Waals surface area contributed by atoms with E-state index >= 15 is 0 Å². The second-order valence-corrected chi connectivity index (χ2v) is 19.4. The SMILES string of the molecule is C[C@H]1C[C@H](C)SC2=C(SC(=C3SC4=C(S3)SC3=C(C[C@H]5C[C@@H]3C5(C)C)S4)S2)S1. The molecule has 7 aliphatic rings. The molecule has 0 aromatic carbocycles. The van der Waals surface area contributed by atoms with Crippen LogP contribution in [0.3, 0.4) is 0 Å². The van der Waals surface area contributed by atoms with Crippen LogP contribution in [0.15, 0.2) is 35.2 Å². The molecule has 0 radical (unpaired) electrons. The van der Waals surface area contributed by atoms with Crippen molar-refractivity contribution >= 4 is 94.1 Å². The summed E-state index contributed by atoms with van der Waals surface area (Å²) in [5.41, 5.74) is 0.530. The number of allylic oxidation sites excluding steroid dienone is 2.